The second kappa shape index (κ2) is 10.4. The van der Waals surface area contributed by atoms with Crippen molar-refractivity contribution in [3.05, 3.63) is 104 Å². The number of likely N-dealkylation sites (tertiary alicyclic amines) is 1. The molecule has 1 fully saturated rings. The highest BCUT2D eigenvalue weighted by molar-refractivity contribution is 9.10. The molecule has 4 nitrogen and oxygen atoms in total. The number of rotatable bonds is 7. The highest BCUT2D eigenvalue weighted by Gasteiger charge is 2.33. The molecule has 1 N–H and O–H groups in total. The maximum Gasteiger partial charge on any atom is 0.317 e. The Morgan fingerprint density at radius 3 is 2.00 bits per heavy atom. The number of hydrogen-bond acceptors (Lipinski definition) is 2. The smallest absolute Gasteiger partial charge is 0.317 e. The summed E-state index contributed by atoms with van der Waals surface area (Å²) in [5.74, 6) is 0. The second-order valence-corrected chi connectivity index (χ2v) is 9.45. The third-order valence-electron chi connectivity index (χ3n) is 5.34. The molecule has 3 aromatic rings. The molecule has 1 aliphatic heterocycles. The van der Waals surface area contributed by atoms with E-state index in [0.717, 1.165) is 26.5 Å². The van der Waals surface area contributed by atoms with Gasteiger partial charge in [-0.2, -0.15) is 0 Å². The zero-order valence-electron chi connectivity index (χ0n) is 17.0. The van der Waals surface area contributed by atoms with Gasteiger partial charge in [0.25, 0.3) is 0 Å². The van der Waals surface area contributed by atoms with Crippen molar-refractivity contribution in [1.29, 1.82) is 0 Å². The number of nitrogens with one attached hydrogen (secondary N) is 1. The van der Waals surface area contributed by atoms with E-state index in [-0.39, 0.29) is 18.2 Å². The van der Waals surface area contributed by atoms with Crippen LogP contribution in [0.25, 0.3) is 0 Å². The Morgan fingerprint density at radius 2 is 1.45 bits per heavy atom. The van der Waals surface area contributed by atoms with Crippen LogP contribution in [-0.2, 0) is 11.2 Å². The summed E-state index contributed by atoms with van der Waals surface area (Å²) in [5, 5.41) is 3.00. The lowest BCUT2D eigenvalue weighted by molar-refractivity contribution is -0.0645. The van der Waals surface area contributed by atoms with Crippen LogP contribution in [0.2, 0.25) is 0 Å². The first kappa shape index (κ1) is 22.1. The highest BCUT2D eigenvalue weighted by Crippen LogP contribution is 2.31. The van der Waals surface area contributed by atoms with Crippen LogP contribution < -0.4 is 5.32 Å². The molecule has 0 bridgehead atoms. The van der Waals surface area contributed by atoms with Gasteiger partial charge in [0, 0.05) is 15.5 Å². The monoisotopic (exact) mass is 542 g/mol. The van der Waals surface area contributed by atoms with Gasteiger partial charge in [-0.25, -0.2) is 4.79 Å². The van der Waals surface area contributed by atoms with Gasteiger partial charge in [0.15, 0.2) is 0 Å². The summed E-state index contributed by atoms with van der Waals surface area (Å²) in [7, 11) is 0. The predicted molar refractivity (Wildman–Crippen MR) is 130 cm³/mol. The van der Waals surface area contributed by atoms with Crippen molar-refractivity contribution in [1.82, 2.24) is 10.2 Å². The Balaban J connectivity index is 1.32. The number of amides is 2. The highest BCUT2D eigenvalue weighted by atomic mass is 79.9. The summed E-state index contributed by atoms with van der Waals surface area (Å²) in [6, 6.07) is 26.5. The minimum Gasteiger partial charge on any atom is -0.362 e. The van der Waals surface area contributed by atoms with Crippen LogP contribution in [0.4, 0.5) is 4.79 Å². The van der Waals surface area contributed by atoms with E-state index in [9.17, 15) is 4.79 Å². The van der Waals surface area contributed by atoms with E-state index in [2.05, 4.69) is 73.6 Å². The van der Waals surface area contributed by atoms with Gasteiger partial charge in [-0.1, -0.05) is 86.5 Å². The second-order valence-electron chi connectivity index (χ2n) is 7.61. The third-order valence-corrected chi connectivity index (χ3v) is 6.40. The fraction of sp³-hybridized carbons (Fsp3) is 0.240. The van der Waals surface area contributed by atoms with E-state index in [0.29, 0.717) is 19.6 Å². The SMILES string of the molecule is O=C(NCCc1ccccc1)N1CC(OC(c2ccc(Br)cc2)c2ccc(Br)cc2)C1. The van der Waals surface area contributed by atoms with E-state index >= 15 is 0 Å². The Morgan fingerprint density at radius 1 is 0.903 bits per heavy atom. The summed E-state index contributed by atoms with van der Waals surface area (Å²) < 4.78 is 8.51. The van der Waals surface area contributed by atoms with Crippen LogP contribution in [-0.4, -0.2) is 36.7 Å². The molecule has 4 rings (SSSR count). The quantitative estimate of drug-likeness (QED) is 0.400. The molecule has 2 amide bonds. The number of benzene rings is 3. The zero-order valence-corrected chi connectivity index (χ0v) is 20.2. The molecule has 0 aliphatic carbocycles. The van der Waals surface area contributed by atoms with Gasteiger partial charge >= 0.3 is 6.03 Å². The van der Waals surface area contributed by atoms with Gasteiger partial charge in [0.05, 0.1) is 19.2 Å². The molecule has 3 aromatic carbocycles. The van der Waals surface area contributed by atoms with Crippen LogP contribution in [0.3, 0.4) is 0 Å². The third kappa shape index (κ3) is 5.97. The summed E-state index contributed by atoms with van der Waals surface area (Å²) in [6.07, 6.45) is 0.668. The number of ether oxygens (including phenoxy) is 1. The summed E-state index contributed by atoms with van der Waals surface area (Å²) in [6.45, 7) is 1.83. The van der Waals surface area contributed by atoms with Crippen LogP contribution in [0.5, 0.6) is 0 Å². The number of nitrogens with zero attached hydrogens (tertiary/aromatic N) is 1. The molecular formula is C25H24Br2N2O2. The molecule has 0 aromatic heterocycles. The molecule has 0 radical (unpaired) electrons. The molecule has 0 unspecified atom stereocenters. The maximum absolute atomic E-state index is 12.4. The van der Waals surface area contributed by atoms with Crippen LogP contribution in [0.1, 0.15) is 22.8 Å². The molecule has 6 heteroatoms. The first-order valence-electron chi connectivity index (χ1n) is 10.3. The summed E-state index contributed by atoms with van der Waals surface area (Å²) >= 11 is 6.99. The first-order valence-corrected chi connectivity index (χ1v) is 11.9. The fourth-order valence-corrected chi connectivity index (χ4v) is 4.11. The summed E-state index contributed by atoms with van der Waals surface area (Å²) in [4.78, 5) is 14.2. The Kier molecular flexibility index (Phi) is 7.43. The lowest BCUT2D eigenvalue weighted by atomic mass is 10.0. The predicted octanol–water partition coefficient (Wildman–Crippen LogP) is 5.95. The molecule has 1 saturated heterocycles. The van der Waals surface area contributed by atoms with Gasteiger partial charge < -0.3 is 15.0 Å². The fourth-order valence-electron chi connectivity index (χ4n) is 3.58. The van der Waals surface area contributed by atoms with Crippen LogP contribution in [0.15, 0.2) is 87.8 Å². The van der Waals surface area contributed by atoms with Gasteiger partial charge in [0.1, 0.15) is 6.10 Å². The summed E-state index contributed by atoms with van der Waals surface area (Å²) in [5.41, 5.74) is 3.41. The molecule has 0 saturated carbocycles. The van der Waals surface area contributed by atoms with Crippen LogP contribution >= 0.6 is 31.9 Å². The molecule has 31 heavy (non-hydrogen) atoms. The van der Waals surface area contributed by atoms with Crippen molar-refractivity contribution in [2.45, 2.75) is 18.6 Å². The molecule has 0 atom stereocenters. The molecule has 1 aliphatic rings. The van der Waals surface area contributed by atoms with Crippen molar-refractivity contribution in [3.63, 3.8) is 0 Å². The minimum atomic E-state index is -0.172. The Bertz CT molecular complexity index is 943. The largest absolute Gasteiger partial charge is 0.362 e. The lowest BCUT2D eigenvalue weighted by Gasteiger charge is -2.40. The van der Waals surface area contributed by atoms with E-state index < -0.39 is 0 Å². The number of hydrogen-bond donors (Lipinski definition) is 1. The topological polar surface area (TPSA) is 41.6 Å². The standard InChI is InChI=1S/C25H24Br2N2O2/c26-21-10-6-19(7-11-21)24(20-8-12-22(27)13-9-20)31-23-16-29(17-23)25(30)28-15-14-18-4-2-1-3-5-18/h1-13,23-24H,14-17H2,(H,28,30). The minimum absolute atomic E-state index is 0.0113. The van der Waals surface area contributed by atoms with Gasteiger partial charge in [-0.15, -0.1) is 0 Å². The van der Waals surface area contributed by atoms with Gasteiger partial charge in [-0.3, -0.25) is 0 Å². The first-order chi connectivity index (χ1) is 15.1. The normalized spacial score (nSPS) is 13.8. The number of carbonyl (C=O) groups is 1. The van der Waals surface area contributed by atoms with Crippen LogP contribution in [0, 0.1) is 0 Å². The average molecular weight is 544 g/mol. The van der Waals surface area contributed by atoms with Crippen molar-refractivity contribution in [3.8, 4) is 0 Å². The van der Waals surface area contributed by atoms with Crippen molar-refractivity contribution in [2.24, 2.45) is 0 Å². The Hall–Kier alpha value is -2.15. The number of urea groups is 1. The van der Waals surface area contributed by atoms with Gasteiger partial charge in [0.2, 0.25) is 0 Å². The number of halogens is 2. The van der Waals surface area contributed by atoms with E-state index in [1.807, 2.05) is 42.5 Å². The van der Waals surface area contributed by atoms with Crippen molar-refractivity contribution >= 4 is 37.9 Å². The van der Waals surface area contributed by atoms with E-state index in [1.165, 1.54) is 5.56 Å². The van der Waals surface area contributed by atoms with E-state index in [1.54, 1.807) is 4.90 Å². The zero-order chi connectivity index (χ0) is 21.6. The molecular weight excluding hydrogens is 520 g/mol. The molecule has 160 valence electrons. The molecule has 0 spiro atoms. The molecule has 1 heterocycles. The van der Waals surface area contributed by atoms with Gasteiger partial charge in [-0.05, 0) is 47.4 Å². The van der Waals surface area contributed by atoms with E-state index in [4.69, 9.17) is 4.74 Å². The average Bonchev–Trinajstić information content (AvgIpc) is 2.75. The maximum atomic E-state index is 12.4. The Labute approximate surface area is 199 Å². The lowest BCUT2D eigenvalue weighted by Crippen LogP contribution is -2.58. The number of carbonyl (C=O) groups excluding carboxylic acids is 1. The van der Waals surface area contributed by atoms with Crippen molar-refractivity contribution in [2.75, 3.05) is 19.6 Å². The van der Waals surface area contributed by atoms with Crippen molar-refractivity contribution < 1.29 is 9.53 Å².